The van der Waals surface area contributed by atoms with E-state index in [1.165, 1.54) is 45.3 Å². The molecular weight excluding hydrogens is 384 g/mol. The highest BCUT2D eigenvalue weighted by Gasteiger charge is 2.43. The Labute approximate surface area is 185 Å². The van der Waals surface area contributed by atoms with Crippen LogP contribution in [-0.2, 0) is 7.05 Å². The smallest absolute Gasteiger partial charge is 0.148 e. The number of nitrogens with one attached hydrogen (secondary N) is 1. The fraction of sp³-hybridized carbons (Fsp3) is 0.640. The summed E-state index contributed by atoms with van der Waals surface area (Å²) in [5.41, 5.74) is 2.93. The highest BCUT2D eigenvalue weighted by Crippen LogP contribution is 2.46. The summed E-state index contributed by atoms with van der Waals surface area (Å²) < 4.78 is 1.82. The molecule has 2 bridgehead atoms. The standard InChI is InChI=1S/C25H34N6/c1-16-23(15-30(2)29-16)24-5-6-25(28-27-24)26-11-18-9-21-13-31(14-22(21)10-18)12-20-8-17-3-4-19(20)7-17/h3-6,15,17-22H,7-14H2,1-2H3,(H,26,28). The summed E-state index contributed by atoms with van der Waals surface area (Å²) >= 11 is 0. The Kier molecular flexibility index (Phi) is 4.86. The highest BCUT2D eigenvalue weighted by molar-refractivity contribution is 5.61. The lowest BCUT2D eigenvalue weighted by atomic mass is 9.93. The van der Waals surface area contributed by atoms with E-state index in [2.05, 4.69) is 43.7 Å². The van der Waals surface area contributed by atoms with Gasteiger partial charge in [0.25, 0.3) is 0 Å². The molecule has 4 aliphatic rings. The summed E-state index contributed by atoms with van der Waals surface area (Å²) in [5.74, 6) is 6.18. The Balaban J connectivity index is 0.979. The molecule has 3 heterocycles. The van der Waals surface area contributed by atoms with Gasteiger partial charge in [0.2, 0.25) is 0 Å². The van der Waals surface area contributed by atoms with Crippen LogP contribution in [0.2, 0.25) is 0 Å². The second-order valence-corrected chi connectivity index (χ2v) is 10.6. The average Bonchev–Trinajstić information content (AvgIpc) is 3.55. The number of rotatable bonds is 6. The highest BCUT2D eigenvalue weighted by atomic mass is 15.3. The molecule has 5 unspecified atom stereocenters. The van der Waals surface area contributed by atoms with E-state index in [-0.39, 0.29) is 0 Å². The molecule has 5 atom stereocenters. The third-order valence-corrected chi connectivity index (χ3v) is 8.36. The van der Waals surface area contributed by atoms with Gasteiger partial charge in [0, 0.05) is 45.0 Å². The van der Waals surface area contributed by atoms with Gasteiger partial charge in [0.1, 0.15) is 5.82 Å². The van der Waals surface area contributed by atoms with Crippen LogP contribution < -0.4 is 5.32 Å². The molecule has 1 aliphatic heterocycles. The molecule has 0 spiro atoms. The summed E-state index contributed by atoms with van der Waals surface area (Å²) in [6, 6.07) is 4.10. The van der Waals surface area contributed by atoms with Gasteiger partial charge in [0.05, 0.1) is 11.4 Å². The van der Waals surface area contributed by atoms with E-state index in [1.807, 2.05) is 30.9 Å². The van der Waals surface area contributed by atoms with Crippen molar-refractivity contribution in [3.05, 3.63) is 36.2 Å². The normalized spacial score (nSPS) is 34.0. The molecule has 164 valence electrons. The maximum atomic E-state index is 4.42. The van der Waals surface area contributed by atoms with E-state index in [1.54, 1.807) is 0 Å². The number of likely N-dealkylation sites (tertiary alicyclic amines) is 1. The quantitative estimate of drug-likeness (QED) is 0.724. The topological polar surface area (TPSA) is 58.9 Å². The van der Waals surface area contributed by atoms with E-state index in [0.29, 0.717) is 0 Å². The summed E-state index contributed by atoms with van der Waals surface area (Å²) in [5, 5.41) is 16.8. The third-order valence-electron chi connectivity index (χ3n) is 8.36. The van der Waals surface area contributed by atoms with E-state index in [0.717, 1.165) is 64.8 Å². The predicted molar refractivity (Wildman–Crippen MR) is 122 cm³/mol. The summed E-state index contributed by atoms with van der Waals surface area (Å²) in [6.45, 7) is 7.04. The van der Waals surface area contributed by atoms with E-state index in [9.17, 15) is 0 Å². The third kappa shape index (κ3) is 3.79. The van der Waals surface area contributed by atoms with Gasteiger partial charge in [-0.3, -0.25) is 4.68 Å². The molecular formula is C25H34N6. The average molecular weight is 419 g/mol. The summed E-state index contributed by atoms with van der Waals surface area (Å²) in [4.78, 5) is 2.79. The van der Waals surface area contributed by atoms with Gasteiger partial charge < -0.3 is 10.2 Å². The number of fused-ring (bicyclic) bond motifs is 3. The fourth-order valence-electron chi connectivity index (χ4n) is 6.94. The lowest BCUT2D eigenvalue weighted by Crippen LogP contribution is -2.30. The van der Waals surface area contributed by atoms with Crippen LogP contribution in [0.1, 0.15) is 31.4 Å². The van der Waals surface area contributed by atoms with Crippen LogP contribution in [0.4, 0.5) is 5.82 Å². The zero-order valence-corrected chi connectivity index (χ0v) is 18.7. The molecule has 6 rings (SSSR count). The van der Waals surface area contributed by atoms with Crippen LogP contribution in [0.15, 0.2) is 30.5 Å². The molecule has 31 heavy (non-hydrogen) atoms. The lowest BCUT2D eigenvalue weighted by Gasteiger charge is -2.26. The van der Waals surface area contributed by atoms with Gasteiger partial charge in [-0.2, -0.15) is 5.10 Å². The van der Waals surface area contributed by atoms with Crippen LogP contribution in [-0.4, -0.2) is 51.1 Å². The Morgan fingerprint density at radius 2 is 1.87 bits per heavy atom. The van der Waals surface area contributed by atoms with Crippen molar-refractivity contribution in [1.29, 1.82) is 0 Å². The zero-order valence-electron chi connectivity index (χ0n) is 18.7. The van der Waals surface area contributed by atoms with Crippen LogP contribution >= 0.6 is 0 Å². The monoisotopic (exact) mass is 418 g/mol. The maximum absolute atomic E-state index is 4.42. The predicted octanol–water partition coefficient (Wildman–Crippen LogP) is 3.77. The first-order chi connectivity index (χ1) is 15.1. The molecule has 1 N–H and O–H groups in total. The number of allylic oxidation sites excluding steroid dienone is 2. The van der Waals surface area contributed by atoms with Crippen molar-refractivity contribution in [2.24, 2.45) is 42.6 Å². The molecule has 2 aromatic rings. The van der Waals surface area contributed by atoms with Gasteiger partial charge in [0.15, 0.2) is 0 Å². The van der Waals surface area contributed by atoms with Crippen molar-refractivity contribution in [2.75, 3.05) is 31.5 Å². The molecule has 0 aromatic carbocycles. The number of hydrogen-bond donors (Lipinski definition) is 1. The van der Waals surface area contributed by atoms with Crippen molar-refractivity contribution < 1.29 is 0 Å². The first-order valence-corrected chi connectivity index (χ1v) is 12.1. The molecule has 0 radical (unpaired) electrons. The van der Waals surface area contributed by atoms with Crippen LogP contribution in [0.3, 0.4) is 0 Å². The summed E-state index contributed by atoms with van der Waals surface area (Å²) in [7, 11) is 1.94. The van der Waals surface area contributed by atoms with Crippen molar-refractivity contribution in [3.63, 3.8) is 0 Å². The molecule has 2 saturated carbocycles. The minimum Gasteiger partial charge on any atom is -0.368 e. The second-order valence-electron chi connectivity index (χ2n) is 10.6. The molecule has 1 saturated heterocycles. The Morgan fingerprint density at radius 3 is 2.48 bits per heavy atom. The molecule has 3 fully saturated rings. The Bertz CT molecular complexity index is 949. The SMILES string of the molecule is Cc1nn(C)cc1-c1ccc(NCC2CC3CN(CC4CC5C=CC4C5)CC3C2)nn1. The van der Waals surface area contributed by atoms with Gasteiger partial charge in [-0.05, 0) is 80.2 Å². The van der Waals surface area contributed by atoms with Crippen molar-refractivity contribution in [1.82, 2.24) is 24.9 Å². The Morgan fingerprint density at radius 1 is 1.03 bits per heavy atom. The molecule has 0 amide bonds. The number of aromatic nitrogens is 4. The van der Waals surface area contributed by atoms with Gasteiger partial charge in [-0.15, -0.1) is 10.2 Å². The zero-order chi connectivity index (χ0) is 20.9. The van der Waals surface area contributed by atoms with Crippen molar-refractivity contribution in [3.8, 4) is 11.3 Å². The fourth-order valence-corrected chi connectivity index (χ4v) is 6.94. The van der Waals surface area contributed by atoms with Gasteiger partial charge in [-0.1, -0.05) is 12.2 Å². The first kappa shape index (κ1) is 19.5. The number of anilines is 1. The van der Waals surface area contributed by atoms with E-state index >= 15 is 0 Å². The molecule has 6 heteroatoms. The number of nitrogens with zero attached hydrogens (tertiary/aromatic N) is 5. The van der Waals surface area contributed by atoms with Crippen molar-refractivity contribution in [2.45, 2.75) is 32.6 Å². The minimum absolute atomic E-state index is 0.768. The summed E-state index contributed by atoms with van der Waals surface area (Å²) in [6.07, 6.45) is 12.6. The van der Waals surface area contributed by atoms with E-state index < -0.39 is 0 Å². The maximum Gasteiger partial charge on any atom is 0.148 e. The molecule has 2 aromatic heterocycles. The first-order valence-electron chi connectivity index (χ1n) is 12.1. The minimum atomic E-state index is 0.768. The van der Waals surface area contributed by atoms with Crippen LogP contribution in [0, 0.1) is 42.4 Å². The van der Waals surface area contributed by atoms with Crippen LogP contribution in [0.5, 0.6) is 0 Å². The van der Waals surface area contributed by atoms with Crippen molar-refractivity contribution >= 4 is 5.82 Å². The number of hydrogen-bond acceptors (Lipinski definition) is 5. The number of aryl methyl sites for hydroxylation is 2. The Hall–Kier alpha value is -2.21. The van der Waals surface area contributed by atoms with Gasteiger partial charge in [-0.25, -0.2) is 0 Å². The largest absolute Gasteiger partial charge is 0.368 e. The molecule has 3 aliphatic carbocycles. The second kappa shape index (κ2) is 7.73. The lowest BCUT2D eigenvalue weighted by molar-refractivity contribution is 0.234. The van der Waals surface area contributed by atoms with E-state index in [4.69, 9.17) is 0 Å². The van der Waals surface area contributed by atoms with Gasteiger partial charge >= 0.3 is 0 Å². The molecule has 6 nitrogen and oxygen atoms in total. The van der Waals surface area contributed by atoms with Crippen LogP contribution in [0.25, 0.3) is 11.3 Å².